The van der Waals surface area contributed by atoms with Gasteiger partial charge in [-0.3, -0.25) is 14.7 Å². The first kappa shape index (κ1) is 16.8. The van der Waals surface area contributed by atoms with Crippen LogP contribution >= 0.6 is 0 Å². The quantitative estimate of drug-likeness (QED) is 0.704. The van der Waals surface area contributed by atoms with Crippen molar-refractivity contribution in [3.63, 3.8) is 0 Å². The van der Waals surface area contributed by atoms with E-state index in [4.69, 9.17) is 4.42 Å². The predicted octanol–water partition coefficient (Wildman–Crippen LogP) is 3.19. The Morgan fingerprint density at radius 1 is 1.15 bits per heavy atom. The second kappa shape index (κ2) is 7.33. The van der Waals surface area contributed by atoms with Gasteiger partial charge in [-0.25, -0.2) is 9.97 Å². The third-order valence-corrected chi connectivity index (χ3v) is 4.73. The maximum atomic E-state index is 12.4. The molecule has 0 aliphatic carbocycles. The number of likely N-dealkylation sites (tertiary alicyclic amines) is 1. The SMILES string of the molecule is Cc1ncc(-c2ccc3cnc(CC(=O)CN4CCCCC4)cc3n2)o1. The Balaban J connectivity index is 1.51. The Hall–Kier alpha value is -2.60. The first-order chi connectivity index (χ1) is 12.7. The van der Waals surface area contributed by atoms with E-state index in [1.807, 2.05) is 18.2 Å². The number of oxazole rings is 1. The van der Waals surface area contributed by atoms with Gasteiger partial charge in [0, 0.05) is 24.2 Å². The number of aryl methyl sites for hydroxylation is 1. The van der Waals surface area contributed by atoms with Crippen LogP contribution in [0.25, 0.3) is 22.4 Å². The number of rotatable bonds is 5. The molecule has 0 atom stereocenters. The van der Waals surface area contributed by atoms with Crippen LogP contribution in [0.4, 0.5) is 0 Å². The summed E-state index contributed by atoms with van der Waals surface area (Å²) in [4.78, 5) is 27.8. The minimum Gasteiger partial charge on any atom is -0.439 e. The average molecular weight is 350 g/mol. The lowest BCUT2D eigenvalue weighted by atomic mass is 10.1. The van der Waals surface area contributed by atoms with E-state index >= 15 is 0 Å². The summed E-state index contributed by atoms with van der Waals surface area (Å²) < 4.78 is 5.55. The Morgan fingerprint density at radius 3 is 2.77 bits per heavy atom. The number of piperidine rings is 1. The third-order valence-electron chi connectivity index (χ3n) is 4.73. The van der Waals surface area contributed by atoms with Crippen LogP contribution in [0.3, 0.4) is 0 Å². The van der Waals surface area contributed by atoms with Gasteiger partial charge in [-0.05, 0) is 44.1 Å². The molecule has 0 amide bonds. The summed E-state index contributed by atoms with van der Waals surface area (Å²) in [5.41, 5.74) is 2.31. The largest absolute Gasteiger partial charge is 0.439 e. The number of carbonyl (C=O) groups excluding carboxylic acids is 1. The highest BCUT2D eigenvalue weighted by molar-refractivity contribution is 5.85. The fourth-order valence-electron chi connectivity index (χ4n) is 3.40. The van der Waals surface area contributed by atoms with E-state index in [-0.39, 0.29) is 5.78 Å². The highest BCUT2D eigenvalue weighted by atomic mass is 16.4. The Kier molecular flexibility index (Phi) is 4.75. The zero-order valence-electron chi connectivity index (χ0n) is 14.9. The molecule has 4 rings (SSSR count). The molecule has 3 aromatic rings. The van der Waals surface area contributed by atoms with Crippen LogP contribution in [-0.2, 0) is 11.2 Å². The average Bonchev–Trinajstić information content (AvgIpc) is 3.08. The van der Waals surface area contributed by atoms with Crippen LogP contribution in [0.15, 0.2) is 35.0 Å². The lowest BCUT2D eigenvalue weighted by Gasteiger charge is -2.25. The number of Topliss-reactive ketones (excluding diaryl/α,β-unsaturated/α-hetero) is 1. The van der Waals surface area contributed by atoms with E-state index in [0.29, 0.717) is 24.6 Å². The maximum Gasteiger partial charge on any atom is 0.191 e. The minimum absolute atomic E-state index is 0.209. The first-order valence-electron chi connectivity index (χ1n) is 9.10. The molecule has 1 fully saturated rings. The highest BCUT2D eigenvalue weighted by Gasteiger charge is 2.15. The van der Waals surface area contributed by atoms with E-state index in [1.54, 1.807) is 19.3 Å². The van der Waals surface area contributed by atoms with Crippen LogP contribution in [0.1, 0.15) is 30.8 Å². The van der Waals surface area contributed by atoms with Crippen molar-refractivity contribution in [2.75, 3.05) is 19.6 Å². The van der Waals surface area contributed by atoms with Gasteiger partial charge in [0.15, 0.2) is 17.4 Å². The van der Waals surface area contributed by atoms with Gasteiger partial charge in [0.05, 0.1) is 24.7 Å². The zero-order chi connectivity index (χ0) is 17.9. The topological polar surface area (TPSA) is 72.1 Å². The number of carbonyl (C=O) groups is 1. The normalized spacial score (nSPS) is 15.4. The second-order valence-electron chi connectivity index (χ2n) is 6.86. The van der Waals surface area contributed by atoms with E-state index in [0.717, 1.165) is 35.4 Å². The van der Waals surface area contributed by atoms with Crippen molar-refractivity contribution >= 4 is 16.7 Å². The van der Waals surface area contributed by atoms with Gasteiger partial charge < -0.3 is 4.42 Å². The molecule has 26 heavy (non-hydrogen) atoms. The molecular formula is C20H22N4O2. The molecule has 0 radical (unpaired) electrons. The third kappa shape index (κ3) is 3.80. The molecule has 1 aliphatic rings. The van der Waals surface area contributed by atoms with E-state index < -0.39 is 0 Å². The van der Waals surface area contributed by atoms with E-state index in [2.05, 4.69) is 19.9 Å². The van der Waals surface area contributed by atoms with Crippen molar-refractivity contribution in [1.82, 2.24) is 19.9 Å². The summed E-state index contributed by atoms with van der Waals surface area (Å²) in [5.74, 6) is 1.46. The molecule has 6 nitrogen and oxygen atoms in total. The number of aromatic nitrogens is 3. The van der Waals surface area contributed by atoms with Gasteiger partial charge in [0.1, 0.15) is 5.69 Å². The van der Waals surface area contributed by atoms with Crippen molar-refractivity contribution in [1.29, 1.82) is 0 Å². The summed E-state index contributed by atoms with van der Waals surface area (Å²) in [5, 5.41) is 0.942. The van der Waals surface area contributed by atoms with Gasteiger partial charge in [0.2, 0.25) is 0 Å². The van der Waals surface area contributed by atoms with Gasteiger partial charge in [-0.15, -0.1) is 0 Å². The molecule has 0 N–H and O–H groups in total. The molecule has 0 spiro atoms. The van der Waals surface area contributed by atoms with Crippen molar-refractivity contribution in [2.24, 2.45) is 0 Å². The molecule has 3 aromatic heterocycles. The van der Waals surface area contributed by atoms with Gasteiger partial charge in [-0.1, -0.05) is 6.42 Å². The number of pyridine rings is 2. The zero-order valence-corrected chi connectivity index (χ0v) is 14.9. The molecule has 4 heterocycles. The molecule has 0 unspecified atom stereocenters. The standard InChI is InChI=1S/C20H22N4O2/c1-14-21-12-20(26-14)18-6-5-15-11-22-16(10-19(15)23-18)9-17(25)13-24-7-3-2-4-8-24/h5-6,10-12H,2-4,7-9,13H2,1H3. The van der Waals surface area contributed by atoms with Gasteiger partial charge in [0.25, 0.3) is 0 Å². The number of ketones is 1. The van der Waals surface area contributed by atoms with Crippen LogP contribution < -0.4 is 0 Å². The highest BCUT2D eigenvalue weighted by Crippen LogP contribution is 2.22. The number of hydrogen-bond acceptors (Lipinski definition) is 6. The second-order valence-corrected chi connectivity index (χ2v) is 6.86. The number of fused-ring (bicyclic) bond motifs is 1. The summed E-state index contributed by atoms with van der Waals surface area (Å²) in [6.07, 6.45) is 7.45. The molecule has 1 aliphatic heterocycles. The summed E-state index contributed by atoms with van der Waals surface area (Å²) in [6, 6.07) is 5.75. The minimum atomic E-state index is 0.209. The van der Waals surface area contributed by atoms with Crippen molar-refractivity contribution in [3.05, 3.63) is 42.2 Å². The smallest absolute Gasteiger partial charge is 0.191 e. The van der Waals surface area contributed by atoms with Crippen molar-refractivity contribution in [2.45, 2.75) is 32.6 Å². The number of hydrogen-bond donors (Lipinski definition) is 0. The van der Waals surface area contributed by atoms with Crippen LogP contribution in [0, 0.1) is 6.92 Å². The maximum absolute atomic E-state index is 12.4. The fraction of sp³-hybridized carbons (Fsp3) is 0.400. The Morgan fingerprint density at radius 2 is 2.00 bits per heavy atom. The molecular weight excluding hydrogens is 328 g/mol. The van der Waals surface area contributed by atoms with Gasteiger partial charge in [-0.2, -0.15) is 0 Å². The summed E-state index contributed by atoms with van der Waals surface area (Å²) >= 11 is 0. The summed E-state index contributed by atoms with van der Waals surface area (Å²) in [7, 11) is 0. The van der Waals surface area contributed by atoms with Crippen LogP contribution in [0.2, 0.25) is 0 Å². The molecule has 134 valence electrons. The number of nitrogens with zero attached hydrogens (tertiary/aromatic N) is 4. The van der Waals surface area contributed by atoms with Crippen molar-refractivity contribution in [3.8, 4) is 11.5 Å². The predicted molar refractivity (Wildman–Crippen MR) is 98.8 cm³/mol. The van der Waals surface area contributed by atoms with Gasteiger partial charge >= 0.3 is 0 Å². The first-order valence-corrected chi connectivity index (χ1v) is 9.10. The monoisotopic (exact) mass is 350 g/mol. The van der Waals surface area contributed by atoms with Crippen molar-refractivity contribution < 1.29 is 9.21 Å². The molecule has 1 saturated heterocycles. The summed E-state index contributed by atoms with van der Waals surface area (Å²) in [6.45, 7) is 4.38. The Labute approximate surface area is 152 Å². The van der Waals surface area contributed by atoms with Crippen LogP contribution in [0.5, 0.6) is 0 Å². The Bertz CT molecular complexity index is 928. The lowest BCUT2D eigenvalue weighted by Crippen LogP contribution is -2.35. The fourth-order valence-corrected chi connectivity index (χ4v) is 3.40. The van der Waals surface area contributed by atoms with Crippen LogP contribution in [-0.4, -0.2) is 45.3 Å². The molecule has 6 heteroatoms. The molecule has 0 bridgehead atoms. The molecule has 0 saturated carbocycles. The van der Waals surface area contributed by atoms with E-state index in [1.165, 1.54) is 19.3 Å². The van der Waals surface area contributed by atoms with E-state index in [9.17, 15) is 4.79 Å². The lowest BCUT2D eigenvalue weighted by molar-refractivity contribution is -0.119. The molecule has 0 aromatic carbocycles.